The Balaban J connectivity index is 1.97. The Morgan fingerprint density at radius 1 is 0.943 bits per heavy atom. The van der Waals surface area contributed by atoms with Gasteiger partial charge in [0, 0.05) is 16.1 Å². The molecule has 2 N–H and O–H groups in total. The van der Waals surface area contributed by atoms with Crippen molar-refractivity contribution in [3.8, 4) is 0 Å². The van der Waals surface area contributed by atoms with E-state index in [1.165, 1.54) is 30.3 Å². The van der Waals surface area contributed by atoms with Crippen molar-refractivity contribution >= 4 is 56.4 Å². The lowest BCUT2D eigenvalue weighted by Gasteiger charge is -2.25. The SMILES string of the molecule is Cc1ccc(S(=O)(=O)N(CC(=O)Nc2ccccc2C(=O)NC(C)C)c2cc(Cl)cc(Cl)c2)cc1. The Morgan fingerprint density at radius 2 is 1.54 bits per heavy atom. The lowest BCUT2D eigenvalue weighted by Crippen LogP contribution is -2.38. The van der Waals surface area contributed by atoms with E-state index < -0.39 is 22.5 Å². The highest BCUT2D eigenvalue weighted by Crippen LogP contribution is 2.30. The van der Waals surface area contributed by atoms with Crippen LogP contribution in [0.1, 0.15) is 29.8 Å². The average molecular weight is 534 g/mol. The molecule has 0 spiro atoms. The summed E-state index contributed by atoms with van der Waals surface area (Å²) in [4.78, 5) is 25.6. The summed E-state index contributed by atoms with van der Waals surface area (Å²) in [6, 6.07) is 16.9. The molecule has 7 nitrogen and oxygen atoms in total. The second-order valence-electron chi connectivity index (χ2n) is 8.17. The molecule has 2 amide bonds. The van der Waals surface area contributed by atoms with Gasteiger partial charge in [-0.2, -0.15) is 0 Å². The molecule has 3 aromatic rings. The van der Waals surface area contributed by atoms with Crippen molar-refractivity contribution in [3.63, 3.8) is 0 Å². The van der Waals surface area contributed by atoms with Crippen molar-refractivity contribution < 1.29 is 18.0 Å². The van der Waals surface area contributed by atoms with Crippen LogP contribution in [0.4, 0.5) is 11.4 Å². The first-order valence-electron chi connectivity index (χ1n) is 10.7. The number of para-hydroxylation sites is 1. The van der Waals surface area contributed by atoms with Gasteiger partial charge in [-0.15, -0.1) is 0 Å². The normalized spacial score (nSPS) is 11.3. The molecule has 0 heterocycles. The van der Waals surface area contributed by atoms with Crippen LogP contribution in [0.5, 0.6) is 0 Å². The molecule has 0 bridgehead atoms. The van der Waals surface area contributed by atoms with Gasteiger partial charge in [-0.05, 0) is 63.2 Å². The fraction of sp³-hybridized carbons (Fsp3) is 0.200. The zero-order chi connectivity index (χ0) is 25.8. The summed E-state index contributed by atoms with van der Waals surface area (Å²) in [6.45, 7) is 4.91. The second-order valence-corrected chi connectivity index (χ2v) is 10.9. The van der Waals surface area contributed by atoms with Crippen LogP contribution in [0.3, 0.4) is 0 Å². The molecular formula is C25H25Cl2N3O4S. The van der Waals surface area contributed by atoms with Crippen LogP contribution < -0.4 is 14.9 Å². The molecule has 0 aliphatic rings. The number of halogens is 2. The zero-order valence-electron chi connectivity index (χ0n) is 19.4. The summed E-state index contributed by atoms with van der Waals surface area (Å²) in [5.41, 5.74) is 1.53. The summed E-state index contributed by atoms with van der Waals surface area (Å²) in [6.07, 6.45) is 0. The first-order chi connectivity index (χ1) is 16.5. The van der Waals surface area contributed by atoms with Gasteiger partial charge in [0.05, 0.1) is 21.8 Å². The van der Waals surface area contributed by atoms with Gasteiger partial charge in [-0.1, -0.05) is 53.0 Å². The quantitative estimate of drug-likeness (QED) is 0.412. The van der Waals surface area contributed by atoms with Gasteiger partial charge in [-0.3, -0.25) is 13.9 Å². The standard InChI is InChI=1S/C25H25Cl2N3O4S/c1-16(2)28-25(32)22-6-4-5-7-23(22)29-24(31)15-30(20-13-18(26)12-19(27)14-20)35(33,34)21-10-8-17(3)9-11-21/h4-14,16H,15H2,1-3H3,(H,28,32)(H,29,31). The van der Waals surface area contributed by atoms with E-state index in [0.29, 0.717) is 0 Å². The Labute approximate surface area is 215 Å². The summed E-state index contributed by atoms with van der Waals surface area (Å²) in [7, 11) is -4.16. The van der Waals surface area contributed by atoms with E-state index >= 15 is 0 Å². The van der Waals surface area contributed by atoms with Gasteiger partial charge in [0.1, 0.15) is 6.54 Å². The molecule has 184 valence electrons. The molecule has 0 saturated heterocycles. The van der Waals surface area contributed by atoms with Crippen LogP contribution >= 0.6 is 23.2 Å². The number of carbonyl (C=O) groups is 2. The third-order valence-corrected chi connectivity index (χ3v) is 7.12. The molecule has 0 aliphatic carbocycles. The fourth-order valence-electron chi connectivity index (χ4n) is 3.29. The molecule has 35 heavy (non-hydrogen) atoms. The lowest BCUT2D eigenvalue weighted by molar-refractivity contribution is -0.114. The first kappa shape index (κ1) is 26.5. The van der Waals surface area contributed by atoms with Crippen LogP contribution in [0.2, 0.25) is 10.0 Å². The maximum Gasteiger partial charge on any atom is 0.264 e. The number of nitrogens with one attached hydrogen (secondary N) is 2. The van der Waals surface area contributed by atoms with E-state index in [1.807, 2.05) is 20.8 Å². The Bertz CT molecular complexity index is 1320. The maximum atomic E-state index is 13.5. The molecule has 10 heteroatoms. The van der Waals surface area contributed by atoms with Crippen LogP contribution in [-0.2, 0) is 14.8 Å². The lowest BCUT2D eigenvalue weighted by atomic mass is 10.1. The predicted octanol–water partition coefficient (Wildman–Crippen LogP) is 5.27. The van der Waals surface area contributed by atoms with E-state index in [2.05, 4.69) is 10.6 Å². The summed E-state index contributed by atoms with van der Waals surface area (Å²) in [5, 5.41) is 5.86. The molecular weight excluding hydrogens is 509 g/mol. The minimum absolute atomic E-state index is 0.00343. The third kappa shape index (κ3) is 6.75. The number of sulfonamides is 1. The molecule has 0 aliphatic heterocycles. The number of benzene rings is 3. The molecule has 0 fully saturated rings. The zero-order valence-corrected chi connectivity index (χ0v) is 21.7. The maximum absolute atomic E-state index is 13.5. The molecule has 0 aromatic heterocycles. The average Bonchev–Trinajstić information content (AvgIpc) is 2.77. The highest BCUT2D eigenvalue weighted by Gasteiger charge is 2.28. The van der Waals surface area contributed by atoms with Crippen molar-refractivity contribution in [1.29, 1.82) is 0 Å². The van der Waals surface area contributed by atoms with Gasteiger partial charge in [0.2, 0.25) is 5.91 Å². The van der Waals surface area contributed by atoms with Crippen LogP contribution in [0.15, 0.2) is 71.6 Å². The summed E-state index contributed by atoms with van der Waals surface area (Å²) in [5.74, 6) is -1.01. The highest BCUT2D eigenvalue weighted by atomic mass is 35.5. The molecule has 0 radical (unpaired) electrons. The minimum atomic E-state index is -4.16. The van der Waals surface area contributed by atoms with Crippen molar-refractivity contribution in [2.75, 3.05) is 16.2 Å². The van der Waals surface area contributed by atoms with Gasteiger partial charge >= 0.3 is 0 Å². The number of hydrogen-bond donors (Lipinski definition) is 2. The first-order valence-corrected chi connectivity index (χ1v) is 12.9. The number of amides is 2. The summed E-state index contributed by atoms with van der Waals surface area (Å²) < 4.78 is 28.0. The van der Waals surface area contributed by atoms with Crippen LogP contribution in [0, 0.1) is 6.92 Å². The topological polar surface area (TPSA) is 95.6 Å². The monoisotopic (exact) mass is 533 g/mol. The largest absolute Gasteiger partial charge is 0.350 e. The molecule has 0 saturated carbocycles. The molecule has 3 rings (SSSR count). The van der Waals surface area contributed by atoms with Gasteiger partial charge in [0.15, 0.2) is 0 Å². The number of anilines is 2. The van der Waals surface area contributed by atoms with Crippen LogP contribution in [-0.4, -0.2) is 32.8 Å². The van der Waals surface area contributed by atoms with Gasteiger partial charge in [0.25, 0.3) is 15.9 Å². The third-order valence-electron chi connectivity index (χ3n) is 4.90. The van der Waals surface area contributed by atoms with Gasteiger partial charge in [-0.25, -0.2) is 8.42 Å². The van der Waals surface area contributed by atoms with Crippen molar-refractivity contribution in [1.82, 2.24) is 5.32 Å². The molecule has 0 atom stereocenters. The number of nitrogens with zero attached hydrogens (tertiary/aromatic N) is 1. The number of hydrogen-bond acceptors (Lipinski definition) is 4. The Morgan fingerprint density at radius 3 is 2.14 bits per heavy atom. The summed E-state index contributed by atoms with van der Waals surface area (Å²) >= 11 is 12.2. The fourth-order valence-corrected chi connectivity index (χ4v) is 5.21. The van der Waals surface area contributed by atoms with E-state index in [4.69, 9.17) is 23.2 Å². The number of aryl methyl sites for hydroxylation is 1. The van der Waals surface area contributed by atoms with E-state index in [0.717, 1.165) is 9.87 Å². The highest BCUT2D eigenvalue weighted by molar-refractivity contribution is 7.92. The van der Waals surface area contributed by atoms with Crippen molar-refractivity contribution in [2.24, 2.45) is 0 Å². The number of carbonyl (C=O) groups excluding carboxylic acids is 2. The molecule has 3 aromatic carbocycles. The van der Waals surface area contributed by atoms with E-state index in [-0.39, 0.29) is 43.8 Å². The Hall–Kier alpha value is -3.07. The van der Waals surface area contributed by atoms with E-state index in [1.54, 1.807) is 36.4 Å². The second kappa shape index (κ2) is 11.1. The minimum Gasteiger partial charge on any atom is -0.350 e. The van der Waals surface area contributed by atoms with E-state index in [9.17, 15) is 18.0 Å². The number of rotatable bonds is 8. The van der Waals surface area contributed by atoms with Crippen molar-refractivity contribution in [2.45, 2.75) is 31.7 Å². The molecule has 0 unspecified atom stereocenters. The Kier molecular flexibility index (Phi) is 8.43. The predicted molar refractivity (Wildman–Crippen MR) is 140 cm³/mol. The van der Waals surface area contributed by atoms with Crippen LogP contribution in [0.25, 0.3) is 0 Å². The van der Waals surface area contributed by atoms with Crippen molar-refractivity contribution in [3.05, 3.63) is 87.9 Å². The van der Waals surface area contributed by atoms with Gasteiger partial charge < -0.3 is 10.6 Å². The smallest absolute Gasteiger partial charge is 0.264 e.